The molecule has 2 amide bonds. The molecule has 0 unspecified atom stereocenters. The maximum Gasteiger partial charge on any atom is 0.235 e. The number of fused-ring (bicyclic) bond motifs is 2. The highest BCUT2D eigenvalue weighted by atomic mass is 16.5. The van der Waals surface area contributed by atoms with E-state index < -0.39 is 23.5 Å². The van der Waals surface area contributed by atoms with Gasteiger partial charge in [0.05, 0.1) is 24.5 Å². The summed E-state index contributed by atoms with van der Waals surface area (Å²) in [6.07, 6.45) is 3.42. The second-order valence-electron chi connectivity index (χ2n) is 8.14. The lowest BCUT2D eigenvalue weighted by molar-refractivity contribution is -0.128. The van der Waals surface area contributed by atoms with E-state index in [0.717, 1.165) is 16.5 Å². The van der Waals surface area contributed by atoms with Crippen LogP contribution < -0.4 is 10.2 Å². The van der Waals surface area contributed by atoms with Crippen molar-refractivity contribution in [3.05, 3.63) is 66.4 Å². The Balaban J connectivity index is 1.33. The predicted octanol–water partition coefficient (Wildman–Crippen LogP) is 3.06. The van der Waals surface area contributed by atoms with Gasteiger partial charge in [0.2, 0.25) is 11.8 Å². The molecule has 7 nitrogen and oxygen atoms in total. The molecule has 1 N–H and O–H groups in total. The van der Waals surface area contributed by atoms with Gasteiger partial charge in [-0.05, 0) is 18.4 Å². The summed E-state index contributed by atoms with van der Waals surface area (Å²) in [5, 5.41) is 9.02. The molecule has 4 heterocycles. The summed E-state index contributed by atoms with van der Waals surface area (Å²) < 4.78 is 11.3. The van der Waals surface area contributed by atoms with Crippen molar-refractivity contribution in [2.24, 2.45) is 11.8 Å². The van der Waals surface area contributed by atoms with Crippen LogP contribution in [0.2, 0.25) is 0 Å². The van der Waals surface area contributed by atoms with Crippen LogP contribution in [0.5, 0.6) is 0 Å². The third kappa shape index (κ3) is 2.32. The molecule has 6 rings (SSSR count). The van der Waals surface area contributed by atoms with E-state index in [-0.39, 0.29) is 11.8 Å². The van der Waals surface area contributed by atoms with Crippen LogP contribution in [0.4, 0.5) is 11.5 Å². The number of anilines is 2. The summed E-state index contributed by atoms with van der Waals surface area (Å²) in [4.78, 5) is 28.2. The average molecular weight is 401 g/mol. The molecule has 7 heteroatoms. The fraction of sp³-hybridized carbons (Fsp3) is 0.261. The molecule has 2 saturated heterocycles. The Labute approximate surface area is 172 Å². The molecule has 3 aliphatic rings. The van der Waals surface area contributed by atoms with E-state index in [4.69, 9.17) is 9.26 Å². The van der Waals surface area contributed by atoms with Gasteiger partial charge in [0.1, 0.15) is 11.4 Å². The topological polar surface area (TPSA) is 84.7 Å². The predicted molar refractivity (Wildman–Crippen MR) is 110 cm³/mol. The molecule has 30 heavy (non-hydrogen) atoms. The first-order valence-corrected chi connectivity index (χ1v) is 9.96. The standard InChI is InChI=1S/C23H19N3O4/c1-13-11-18(25-30-13)26-12-23-10-9-17(29-23)19(20(23)22(26)28)21(27)24-16-8-4-6-14-5-2-3-7-15(14)16/h2-11,17,19-20H,12H2,1H3,(H,24,27)/t17-,19-,20-,23-/m1/s1. The quantitative estimate of drug-likeness (QED) is 0.682. The minimum Gasteiger partial charge on any atom is -0.360 e. The van der Waals surface area contributed by atoms with Crippen LogP contribution in [0, 0.1) is 18.8 Å². The van der Waals surface area contributed by atoms with Gasteiger partial charge in [-0.25, -0.2) is 0 Å². The van der Waals surface area contributed by atoms with Crippen LogP contribution in [0.3, 0.4) is 0 Å². The number of aromatic nitrogens is 1. The Morgan fingerprint density at radius 2 is 2.07 bits per heavy atom. The highest BCUT2D eigenvalue weighted by Crippen LogP contribution is 2.52. The summed E-state index contributed by atoms with van der Waals surface area (Å²) in [7, 11) is 0. The van der Waals surface area contributed by atoms with E-state index in [1.54, 1.807) is 17.9 Å². The molecule has 150 valence electrons. The Morgan fingerprint density at radius 1 is 1.23 bits per heavy atom. The highest BCUT2D eigenvalue weighted by molar-refractivity contribution is 6.07. The van der Waals surface area contributed by atoms with Crippen molar-refractivity contribution in [1.29, 1.82) is 0 Å². The first kappa shape index (κ1) is 17.4. The summed E-state index contributed by atoms with van der Waals surface area (Å²) in [5.74, 6) is -0.473. The van der Waals surface area contributed by atoms with Gasteiger partial charge in [-0.1, -0.05) is 53.7 Å². The number of aryl methyl sites for hydroxylation is 1. The highest BCUT2D eigenvalue weighted by Gasteiger charge is 2.67. The number of hydrogen-bond donors (Lipinski definition) is 1. The van der Waals surface area contributed by atoms with E-state index in [1.807, 2.05) is 54.6 Å². The fourth-order valence-corrected chi connectivity index (χ4v) is 5.02. The Hall–Kier alpha value is -3.45. The largest absolute Gasteiger partial charge is 0.360 e. The molecule has 0 saturated carbocycles. The summed E-state index contributed by atoms with van der Waals surface area (Å²) in [6, 6.07) is 15.4. The van der Waals surface area contributed by atoms with Crippen molar-refractivity contribution in [3.63, 3.8) is 0 Å². The average Bonchev–Trinajstić information content (AvgIpc) is 3.49. The van der Waals surface area contributed by atoms with Crippen molar-refractivity contribution in [2.45, 2.75) is 18.6 Å². The number of benzene rings is 2. The van der Waals surface area contributed by atoms with E-state index >= 15 is 0 Å². The molecule has 1 spiro atoms. The van der Waals surface area contributed by atoms with Crippen molar-refractivity contribution >= 4 is 34.1 Å². The maximum atomic E-state index is 13.4. The molecule has 0 aliphatic carbocycles. The SMILES string of the molecule is Cc1cc(N2C[C@@]34C=C[C@@H](O3)[C@@H](C(=O)Nc3cccc5ccccc35)[C@@H]4C2=O)no1. The number of ether oxygens (including phenoxy) is 1. The Kier molecular flexibility index (Phi) is 3.50. The van der Waals surface area contributed by atoms with Gasteiger partial charge in [-0.15, -0.1) is 0 Å². The minimum atomic E-state index is -0.796. The molecule has 1 aromatic heterocycles. The van der Waals surface area contributed by atoms with Gasteiger partial charge in [-0.3, -0.25) is 14.5 Å². The Bertz CT molecular complexity index is 1230. The van der Waals surface area contributed by atoms with Gasteiger partial charge in [0.25, 0.3) is 0 Å². The monoisotopic (exact) mass is 401 g/mol. The van der Waals surface area contributed by atoms with E-state index in [0.29, 0.717) is 18.1 Å². The third-order valence-electron chi connectivity index (χ3n) is 6.34. The van der Waals surface area contributed by atoms with E-state index in [1.165, 1.54) is 0 Å². The van der Waals surface area contributed by atoms with Gasteiger partial charge < -0.3 is 14.6 Å². The zero-order valence-corrected chi connectivity index (χ0v) is 16.2. The van der Waals surface area contributed by atoms with Gasteiger partial charge in [0, 0.05) is 17.1 Å². The van der Waals surface area contributed by atoms with Gasteiger partial charge in [0.15, 0.2) is 5.82 Å². The van der Waals surface area contributed by atoms with Crippen LogP contribution in [-0.2, 0) is 14.3 Å². The number of hydrogen-bond acceptors (Lipinski definition) is 5. The molecule has 2 fully saturated rings. The summed E-state index contributed by atoms with van der Waals surface area (Å²) >= 11 is 0. The van der Waals surface area contributed by atoms with Crippen LogP contribution in [-0.4, -0.2) is 35.2 Å². The number of nitrogens with one attached hydrogen (secondary N) is 1. The third-order valence-corrected chi connectivity index (χ3v) is 6.34. The number of rotatable bonds is 3. The first-order valence-electron chi connectivity index (χ1n) is 9.96. The maximum absolute atomic E-state index is 13.4. The molecule has 0 radical (unpaired) electrons. The second kappa shape index (κ2) is 6.03. The van der Waals surface area contributed by atoms with Crippen molar-refractivity contribution in [3.8, 4) is 0 Å². The second-order valence-corrected chi connectivity index (χ2v) is 8.14. The van der Waals surface area contributed by atoms with Gasteiger partial charge in [-0.2, -0.15) is 0 Å². The molecule has 3 aromatic rings. The van der Waals surface area contributed by atoms with E-state index in [2.05, 4.69) is 10.5 Å². The van der Waals surface area contributed by atoms with Crippen molar-refractivity contribution < 1.29 is 18.8 Å². The van der Waals surface area contributed by atoms with E-state index in [9.17, 15) is 9.59 Å². The molecule has 2 bridgehead atoms. The number of nitrogens with zero attached hydrogens (tertiary/aromatic N) is 2. The van der Waals surface area contributed by atoms with Crippen LogP contribution in [0.25, 0.3) is 10.8 Å². The zero-order valence-electron chi connectivity index (χ0n) is 16.2. The smallest absolute Gasteiger partial charge is 0.235 e. The summed E-state index contributed by atoms with van der Waals surface area (Å²) in [6.45, 7) is 2.10. The molecular formula is C23H19N3O4. The lowest BCUT2D eigenvalue weighted by atomic mass is 9.76. The minimum absolute atomic E-state index is 0.159. The van der Waals surface area contributed by atoms with Crippen LogP contribution in [0.15, 0.2) is 65.2 Å². The molecule has 2 aromatic carbocycles. The number of carbonyl (C=O) groups is 2. The first-order chi connectivity index (χ1) is 14.6. The van der Waals surface area contributed by atoms with Gasteiger partial charge >= 0.3 is 0 Å². The normalized spacial score (nSPS) is 29.0. The number of amides is 2. The van der Waals surface area contributed by atoms with Crippen LogP contribution in [0.1, 0.15) is 5.76 Å². The summed E-state index contributed by atoms with van der Waals surface area (Å²) in [5.41, 5.74) is -0.0663. The molecule has 3 aliphatic heterocycles. The molecular weight excluding hydrogens is 382 g/mol. The van der Waals surface area contributed by atoms with Crippen molar-refractivity contribution in [1.82, 2.24) is 5.16 Å². The molecule has 4 atom stereocenters. The van der Waals surface area contributed by atoms with Crippen molar-refractivity contribution in [2.75, 3.05) is 16.8 Å². The zero-order chi connectivity index (χ0) is 20.5. The lowest BCUT2D eigenvalue weighted by Gasteiger charge is -2.23. The Morgan fingerprint density at radius 3 is 2.90 bits per heavy atom. The van der Waals surface area contributed by atoms with Crippen LogP contribution >= 0.6 is 0 Å². The lowest BCUT2D eigenvalue weighted by Crippen LogP contribution is -2.41. The number of carbonyl (C=O) groups excluding carboxylic acids is 2. The fourth-order valence-electron chi connectivity index (χ4n) is 5.02.